The number of rotatable bonds is 1. The van der Waals surface area contributed by atoms with Crippen LogP contribution < -0.4 is 4.90 Å². The number of hydrogen-bond acceptors (Lipinski definition) is 3. The number of benzene rings is 2. The van der Waals surface area contributed by atoms with Crippen molar-refractivity contribution in [2.75, 3.05) is 4.90 Å². The van der Waals surface area contributed by atoms with Crippen molar-refractivity contribution in [2.45, 2.75) is 23.6 Å². The molecule has 1 atom stereocenters. The van der Waals surface area contributed by atoms with Crippen molar-refractivity contribution in [3.05, 3.63) is 65.9 Å². The number of fused-ring (bicyclic) bond motifs is 2. The third kappa shape index (κ3) is 1.88. The van der Waals surface area contributed by atoms with E-state index < -0.39 is 11.2 Å². The van der Waals surface area contributed by atoms with Crippen LogP contribution in [0, 0.1) is 13.8 Å². The molecule has 3 aromatic rings. The minimum atomic E-state index is -1.21. The van der Waals surface area contributed by atoms with Crippen LogP contribution in [-0.2, 0) is 11.2 Å². The fourth-order valence-corrected chi connectivity index (χ4v) is 4.20. The molecule has 0 N–H and O–H groups in total. The van der Waals surface area contributed by atoms with E-state index in [-0.39, 0.29) is 0 Å². The molecule has 0 spiro atoms. The maximum atomic E-state index is 12.8. The van der Waals surface area contributed by atoms with E-state index in [0.29, 0.717) is 5.88 Å². The first kappa shape index (κ1) is 13.5. The van der Waals surface area contributed by atoms with Crippen molar-refractivity contribution in [1.82, 2.24) is 0 Å². The van der Waals surface area contributed by atoms with E-state index in [1.165, 1.54) is 0 Å². The summed E-state index contributed by atoms with van der Waals surface area (Å²) < 4.78 is 18.7. The van der Waals surface area contributed by atoms with Gasteiger partial charge in [-0.3, -0.25) is 4.90 Å². The van der Waals surface area contributed by atoms with Crippen LogP contribution in [0.4, 0.5) is 17.3 Å². The number of hydrogen-bond donors (Lipinski definition) is 0. The van der Waals surface area contributed by atoms with Gasteiger partial charge in [0.1, 0.15) is 11.4 Å². The van der Waals surface area contributed by atoms with E-state index in [9.17, 15) is 4.55 Å². The molecule has 0 fully saturated rings. The molecule has 0 bridgehead atoms. The largest absolute Gasteiger partial charge is 0.606 e. The molecular formula is C18H15NO2S. The number of nitrogens with zero attached hydrogens (tertiary/aromatic N) is 1. The Morgan fingerprint density at radius 1 is 0.909 bits per heavy atom. The normalized spacial score (nSPS) is 16.3. The first-order valence-corrected chi connectivity index (χ1v) is 8.29. The molecule has 1 aliphatic heterocycles. The second-order valence-electron chi connectivity index (χ2n) is 5.38. The molecule has 0 radical (unpaired) electrons. The van der Waals surface area contributed by atoms with Gasteiger partial charge >= 0.3 is 0 Å². The van der Waals surface area contributed by atoms with Gasteiger partial charge in [-0.1, -0.05) is 30.3 Å². The molecule has 1 aliphatic rings. The van der Waals surface area contributed by atoms with Crippen molar-refractivity contribution < 1.29 is 8.97 Å². The predicted molar refractivity (Wildman–Crippen MR) is 87.5 cm³/mol. The maximum absolute atomic E-state index is 12.8. The van der Waals surface area contributed by atoms with Gasteiger partial charge in [0.2, 0.25) is 4.90 Å². The minimum Gasteiger partial charge on any atom is -0.606 e. The zero-order valence-electron chi connectivity index (χ0n) is 12.4. The smallest absolute Gasteiger partial charge is 0.261 e. The second kappa shape index (κ2) is 4.93. The summed E-state index contributed by atoms with van der Waals surface area (Å²) in [5.41, 5.74) is 3.10. The molecule has 0 aliphatic carbocycles. The molecule has 1 unspecified atom stereocenters. The maximum Gasteiger partial charge on any atom is 0.261 e. The Kier molecular flexibility index (Phi) is 3.03. The third-order valence-electron chi connectivity index (χ3n) is 3.87. The molecule has 2 heterocycles. The van der Waals surface area contributed by atoms with Gasteiger partial charge < -0.3 is 8.97 Å². The van der Waals surface area contributed by atoms with Gasteiger partial charge in [0.15, 0.2) is 4.90 Å². The molecule has 2 aromatic carbocycles. The van der Waals surface area contributed by atoms with Crippen LogP contribution in [0.1, 0.15) is 11.3 Å². The highest BCUT2D eigenvalue weighted by atomic mass is 32.2. The molecular weight excluding hydrogens is 294 g/mol. The fourth-order valence-electron chi connectivity index (χ4n) is 2.85. The Morgan fingerprint density at radius 3 is 2.36 bits per heavy atom. The Bertz CT molecular complexity index is 856. The van der Waals surface area contributed by atoms with E-state index in [2.05, 4.69) is 24.0 Å². The van der Waals surface area contributed by atoms with Crippen LogP contribution in [0.2, 0.25) is 0 Å². The fraction of sp³-hybridized carbons (Fsp3) is 0.111. The zero-order chi connectivity index (χ0) is 15.3. The average molecular weight is 309 g/mol. The van der Waals surface area contributed by atoms with Crippen LogP contribution in [0.3, 0.4) is 0 Å². The van der Waals surface area contributed by atoms with E-state index >= 15 is 0 Å². The second-order valence-corrected chi connectivity index (χ2v) is 6.80. The van der Waals surface area contributed by atoms with Crippen molar-refractivity contribution in [2.24, 2.45) is 0 Å². The Morgan fingerprint density at radius 2 is 1.59 bits per heavy atom. The lowest BCUT2D eigenvalue weighted by Gasteiger charge is -2.30. The van der Waals surface area contributed by atoms with Crippen LogP contribution in [-0.4, -0.2) is 4.55 Å². The van der Waals surface area contributed by atoms with Gasteiger partial charge in [0.05, 0.1) is 5.69 Å². The molecule has 0 amide bonds. The van der Waals surface area contributed by atoms with Gasteiger partial charge in [0.25, 0.3) is 5.88 Å². The number of para-hydroxylation sites is 2. The summed E-state index contributed by atoms with van der Waals surface area (Å²) >= 11 is -1.21. The van der Waals surface area contributed by atoms with Gasteiger partial charge in [0, 0.05) is 17.2 Å². The highest BCUT2D eigenvalue weighted by molar-refractivity contribution is 7.92. The molecule has 22 heavy (non-hydrogen) atoms. The van der Waals surface area contributed by atoms with Crippen molar-refractivity contribution >= 4 is 28.4 Å². The topological polar surface area (TPSA) is 39.4 Å². The highest BCUT2D eigenvalue weighted by Crippen LogP contribution is 2.49. The van der Waals surface area contributed by atoms with E-state index in [1.807, 2.05) is 49.4 Å². The molecule has 4 rings (SSSR count). The first-order valence-electron chi connectivity index (χ1n) is 7.14. The van der Waals surface area contributed by atoms with Gasteiger partial charge in [-0.05, 0) is 37.6 Å². The highest BCUT2D eigenvalue weighted by Gasteiger charge is 2.38. The molecule has 0 saturated heterocycles. The summed E-state index contributed by atoms with van der Waals surface area (Å²) in [4.78, 5) is 3.62. The van der Waals surface area contributed by atoms with Crippen molar-refractivity contribution in [1.29, 1.82) is 0 Å². The lowest BCUT2D eigenvalue weighted by molar-refractivity contribution is 0.532. The van der Waals surface area contributed by atoms with E-state index in [1.54, 1.807) is 0 Å². The van der Waals surface area contributed by atoms with E-state index in [4.69, 9.17) is 4.42 Å². The molecule has 0 saturated carbocycles. The summed E-state index contributed by atoms with van der Waals surface area (Å²) in [7, 11) is 0. The van der Waals surface area contributed by atoms with Gasteiger partial charge in [-0.15, -0.1) is 0 Å². The van der Waals surface area contributed by atoms with Gasteiger partial charge in [-0.2, -0.15) is 0 Å². The lowest BCUT2D eigenvalue weighted by Crippen LogP contribution is -2.21. The van der Waals surface area contributed by atoms with Crippen LogP contribution in [0.25, 0.3) is 0 Å². The number of anilines is 3. The lowest BCUT2D eigenvalue weighted by atomic mass is 10.1. The minimum absolute atomic E-state index is 0.656. The molecule has 3 nitrogen and oxygen atoms in total. The number of furan rings is 1. The van der Waals surface area contributed by atoms with Crippen molar-refractivity contribution in [3.8, 4) is 0 Å². The number of aryl methyl sites for hydroxylation is 2. The summed E-state index contributed by atoms with van der Waals surface area (Å²) in [6.07, 6.45) is 0. The molecule has 1 aromatic heterocycles. The monoisotopic (exact) mass is 309 g/mol. The average Bonchev–Trinajstić information content (AvgIpc) is 2.91. The quantitative estimate of drug-likeness (QED) is 0.603. The summed E-state index contributed by atoms with van der Waals surface area (Å²) in [5.74, 6) is 1.42. The Labute approximate surface area is 132 Å². The van der Waals surface area contributed by atoms with E-state index in [0.717, 1.165) is 32.5 Å². The Hall–Kier alpha value is -2.17. The Balaban J connectivity index is 2.03. The summed E-state index contributed by atoms with van der Waals surface area (Å²) in [5, 5.41) is 0. The van der Waals surface area contributed by atoms with Crippen LogP contribution >= 0.6 is 0 Å². The standard InChI is InChI=1S/C18H15NO2S/c1-12-7-3-4-8-14(12)19-15-9-5-6-10-16(15)22(20)17-11-13(2)21-18(17)19/h3-11H,1-2H3. The molecule has 4 heteroatoms. The summed E-state index contributed by atoms with van der Waals surface area (Å²) in [6.45, 7) is 3.95. The SMILES string of the molecule is Cc1cc2c(o1)N(c1ccccc1C)c1ccccc1[S+]2[O-]. The third-order valence-corrected chi connectivity index (χ3v) is 5.30. The van der Waals surface area contributed by atoms with Gasteiger partial charge in [-0.25, -0.2) is 0 Å². The van der Waals surface area contributed by atoms with Crippen LogP contribution in [0.5, 0.6) is 0 Å². The zero-order valence-corrected chi connectivity index (χ0v) is 13.2. The molecule has 110 valence electrons. The summed E-state index contributed by atoms with van der Waals surface area (Å²) in [6, 6.07) is 17.8. The predicted octanol–water partition coefficient (Wildman–Crippen LogP) is 4.85. The van der Waals surface area contributed by atoms with Crippen molar-refractivity contribution in [3.63, 3.8) is 0 Å². The van der Waals surface area contributed by atoms with Crippen LogP contribution in [0.15, 0.2) is 68.8 Å². The first-order chi connectivity index (χ1) is 10.7.